The molecule has 0 aliphatic carbocycles. The van der Waals surface area contributed by atoms with Crippen molar-refractivity contribution in [3.05, 3.63) is 64.2 Å². The zero-order valence-electron chi connectivity index (χ0n) is 11.7. The van der Waals surface area contributed by atoms with Crippen LogP contribution in [0.1, 0.15) is 16.7 Å². The largest absolute Gasteiger partial charge is 0.370 e. The molecule has 0 bridgehead atoms. The number of halogens is 1. The Labute approximate surface area is 125 Å². The zero-order chi connectivity index (χ0) is 13.9. The summed E-state index contributed by atoms with van der Waals surface area (Å²) in [5, 5.41) is 4.22. The van der Waals surface area contributed by atoms with Gasteiger partial charge in [-0.1, -0.05) is 29.8 Å². The fourth-order valence-electron chi connectivity index (χ4n) is 2.66. The molecule has 0 atom stereocenters. The Morgan fingerprint density at radius 1 is 1.10 bits per heavy atom. The van der Waals surface area contributed by atoms with Crippen molar-refractivity contribution in [2.45, 2.75) is 19.5 Å². The minimum atomic E-state index is 0.788. The molecule has 0 fully saturated rings. The van der Waals surface area contributed by atoms with Gasteiger partial charge in [-0.05, 0) is 53.9 Å². The van der Waals surface area contributed by atoms with E-state index < -0.39 is 0 Å². The first-order valence-electron chi connectivity index (χ1n) is 7.00. The van der Waals surface area contributed by atoms with E-state index in [9.17, 15) is 0 Å². The standard InChI is InChI=1S/C17H19ClN2/c1-20(12-13-2-5-16(18)6-3-13)17-7-4-14-8-9-19-11-15(14)10-17/h2-7,10,19H,8-9,11-12H2,1H3. The van der Waals surface area contributed by atoms with E-state index >= 15 is 0 Å². The van der Waals surface area contributed by atoms with E-state index in [1.807, 2.05) is 12.1 Å². The fraction of sp³-hybridized carbons (Fsp3) is 0.294. The summed E-state index contributed by atoms with van der Waals surface area (Å²) in [6, 6.07) is 14.8. The van der Waals surface area contributed by atoms with Crippen molar-refractivity contribution in [2.75, 3.05) is 18.5 Å². The molecule has 0 unspecified atom stereocenters. The Kier molecular flexibility index (Phi) is 3.95. The van der Waals surface area contributed by atoms with E-state index in [1.54, 1.807) is 0 Å². The van der Waals surface area contributed by atoms with Crippen molar-refractivity contribution in [2.24, 2.45) is 0 Å². The lowest BCUT2D eigenvalue weighted by Crippen LogP contribution is -2.24. The Bertz CT molecular complexity index is 592. The molecule has 0 radical (unpaired) electrons. The van der Waals surface area contributed by atoms with Crippen molar-refractivity contribution in [1.82, 2.24) is 5.32 Å². The van der Waals surface area contributed by atoms with Crippen LogP contribution in [-0.2, 0) is 19.5 Å². The molecule has 1 aliphatic heterocycles. The summed E-state index contributed by atoms with van der Waals surface area (Å²) >= 11 is 5.92. The van der Waals surface area contributed by atoms with Gasteiger partial charge < -0.3 is 10.2 Å². The number of benzene rings is 2. The Hall–Kier alpha value is -1.51. The van der Waals surface area contributed by atoms with Crippen molar-refractivity contribution >= 4 is 17.3 Å². The van der Waals surface area contributed by atoms with E-state index in [0.717, 1.165) is 31.1 Å². The molecule has 0 amide bonds. The first-order valence-corrected chi connectivity index (χ1v) is 7.38. The summed E-state index contributed by atoms with van der Waals surface area (Å²) in [6.45, 7) is 2.97. The monoisotopic (exact) mass is 286 g/mol. The van der Waals surface area contributed by atoms with Crippen LogP contribution in [0.25, 0.3) is 0 Å². The molecule has 2 aromatic carbocycles. The highest BCUT2D eigenvalue weighted by atomic mass is 35.5. The van der Waals surface area contributed by atoms with Crippen LogP contribution in [0.4, 0.5) is 5.69 Å². The molecule has 2 aromatic rings. The van der Waals surface area contributed by atoms with Gasteiger partial charge in [0.15, 0.2) is 0 Å². The molecule has 1 aliphatic rings. The van der Waals surface area contributed by atoms with Crippen LogP contribution < -0.4 is 10.2 Å². The SMILES string of the molecule is CN(Cc1ccc(Cl)cc1)c1ccc2c(c1)CNCC2. The van der Waals surface area contributed by atoms with E-state index in [1.165, 1.54) is 22.4 Å². The maximum absolute atomic E-state index is 5.92. The van der Waals surface area contributed by atoms with Crippen LogP contribution in [0.5, 0.6) is 0 Å². The molecule has 20 heavy (non-hydrogen) atoms. The highest BCUT2D eigenvalue weighted by Gasteiger charge is 2.10. The molecule has 0 spiro atoms. The van der Waals surface area contributed by atoms with Gasteiger partial charge in [0.1, 0.15) is 0 Å². The molecule has 3 heteroatoms. The summed E-state index contributed by atoms with van der Waals surface area (Å²) in [7, 11) is 2.13. The number of hydrogen-bond donors (Lipinski definition) is 1. The van der Waals surface area contributed by atoms with Gasteiger partial charge in [-0.3, -0.25) is 0 Å². The molecular weight excluding hydrogens is 268 g/mol. The van der Waals surface area contributed by atoms with Crippen LogP contribution in [0.3, 0.4) is 0 Å². The predicted molar refractivity (Wildman–Crippen MR) is 85.4 cm³/mol. The summed E-state index contributed by atoms with van der Waals surface area (Å²) in [5.41, 5.74) is 5.44. The maximum atomic E-state index is 5.92. The molecule has 2 nitrogen and oxygen atoms in total. The average Bonchev–Trinajstić information content (AvgIpc) is 2.49. The number of fused-ring (bicyclic) bond motifs is 1. The van der Waals surface area contributed by atoms with Gasteiger partial charge in [0.2, 0.25) is 0 Å². The summed E-state index contributed by atoms with van der Waals surface area (Å²) in [4.78, 5) is 2.28. The van der Waals surface area contributed by atoms with E-state index in [2.05, 4.69) is 47.6 Å². The van der Waals surface area contributed by atoms with E-state index in [4.69, 9.17) is 11.6 Å². The molecule has 3 rings (SSSR count). The molecule has 1 N–H and O–H groups in total. The van der Waals surface area contributed by atoms with Crippen molar-refractivity contribution in [3.63, 3.8) is 0 Å². The van der Waals surface area contributed by atoms with Crippen LogP contribution in [0.2, 0.25) is 5.02 Å². The number of anilines is 1. The van der Waals surface area contributed by atoms with Crippen LogP contribution >= 0.6 is 11.6 Å². The highest BCUT2D eigenvalue weighted by Crippen LogP contribution is 2.22. The zero-order valence-corrected chi connectivity index (χ0v) is 12.5. The second kappa shape index (κ2) is 5.86. The highest BCUT2D eigenvalue weighted by molar-refractivity contribution is 6.30. The molecule has 1 heterocycles. The fourth-order valence-corrected chi connectivity index (χ4v) is 2.79. The van der Waals surface area contributed by atoms with Crippen molar-refractivity contribution in [3.8, 4) is 0 Å². The van der Waals surface area contributed by atoms with Crippen molar-refractivity contribution < 1.29 is 0 Å². The van der Waals surface area contributed by atoms with Gasteiger partial charge in [-0.15, -0.1) is 0 Å². The molecule has 0 saturated heterocycles. The van der Waals surface area contributed by atoms with Crippen LogP contribution in [-0.4, -0.2) is 13.6 Å². The second-order valence-corrected chi connectivity index (χ2v) is 5.80. The maximum Gasteiger partial charge on any atom is 0.0426 e. The number of nitrogens with one attached hydrogen (secondary N) is 1. The minimum absolute atomic E-state index is 0.788. The number of nitrogens with zero attached hydrogens (tertiary/aromatic N) is 1. The molecule has 0 saturated carbocycles. The lowest BCUT2D eigenvalue weighted by atomic mass is 10.00. The normalized spacial score (nSPS) is 13.9. The smallest absolute Gasteiger partial charge is 0.0426 e. The quantitative estimate of drug-likeness (QED) is 0.927. The van der Waals surface area contributed by atoms with E-state index in [0.29, 0.717) is 0 Å². The van der Waals surface area contributed by atoms with Gasteiger partial charge in [-0.2, -0.15) is 0 Å². The second-order valence-electron chi connectivity index (χ2n) is 5.36. The molecule has 0 aromatic heterocycles. The average molecular weight is 287 g/mol. The summed E-state index contributed by atoms with van der Waals surface area (Å²) < 4.78 is 0. The van der Waals surface area contributed by atoms with Crippen molar-refractivity contribution in [1.29, 1.82) is 0 Å². The van der Waals surface area contributed by atoms with Gasteiger partial charge in [0.05, 0.1) is 0 Å². The summed E-state index contributed by atoms with van der Waals surface area (Å²) in [5.74, 6) is 0. The summed E-state index contributed by atoms with van der Waals surface area (Å²) in [6.07, 6.45) is 1.14. The molecular formula is C17H19ClN2. The Morgan fingerprint density at radius 3 is 2.70 bits per heavy atom. The third-order valence-electron chi connectivity index (χ3n) is 3.85. The lowest BCUT2D eigenvalue weighted by Gasteiger charge is -2.23. The third kappa shape index (κ3) is 2.97. The minimum Gasteiger partial charge on any atom is -0.370 e. The Balaban J connectivity index is 1.76. The Morgan fingerprint density at radius 2 is 1.90 bits per heavy atom. The van der Waals surface area contributed by atoms with Crippen LogP contribution in [0, 0.1) is 0 Å². The van der Waals surface area contributed by atoms with Gasteiger partial charge in [-0.25, -0.2) is 0 Å². The first-order chi connectivity index (χ1) is 9.72. The van der Waals surface area contributed by atoms with Crippen LogP contribution in [0.15, 0.2) is 42.5 Å². The topological polar surface area (TPSA) is 15.3 Å². The van der Waals surface area contributed by atoms with Gasteiger partial charge in [0.25, 0.3) is 0 Å². The number of hydrogen-bond acceptors (Lipinski definition) is 2. The lowest BCUT2D eigenvalue weighted by molar-refractivity contribution is 0.643. The van der Waals surface area contributed by atoms with E-state index in [-0.39, 0.29) is 0 Å². The molecule has 104 valence electrons. The third-order valence-corrected chi connectivity index (χ3v) is 4.10. The first kappa shape index (κ1) is 13.5. The predicted octanol–water partition coefficient (Wildman–Crippen LogP) is 3.62. The van der Waals surface area contributed by atoms with Gasteiger partial charge in [0, 0.05) is 30.8 Å². The van der Waals surface area contributed by atoms with Gasteiger partial charge >= 0.3 is 0 Å². The number of rotatable bonds is 3.